The number of benzene rings is 2. The number of aliphatic imine (C=N–C) groups is 1. The molecule has 1 N–H and O–H groups in total. The first-order valence-electron chi connectivity index (χ1n) is 7.86. The van der Waals surface area contributed by atoms with Crippen molar-refractivity contribution in [2.75, 3.05) is 0 Å². The van der Waals surface area contributed by atoms with Crippen molar-refractivity contribution in [3.8, 4) is 5.75 Å². The van der Waals surface area contributed by atoms with E-state index in [9.17, 15) is 5.11 Å². The van der Waals surface area contributed by atoms with E-state index in [1.54, 1.807) is 6.21 Å². The van der Waals surface area contributed by atoms with E-state index in [1.165, 1.54) is 12.0 Å². The summed E-state index contributed by atoms with van der Waals surface area (Å²) in [5.41, 5.74) is 4.11. The van der Waals surface area contributed by atoms with Crippen LogP contribution in [0.15, 0.2) is 47.5 Å². The van der Waals surface area contributed by atoms with Gasteiger partial charge >= 0.3 is 40.1 Å². The third kappa shape index (κ3) is 4.98. The topological polar surface area (TPSA) is 32.6 Å². The Morgan fingerprint density at radius 2 is 1.79 bits per heavy atom. The molecule has 0 fully saturated rings. The number of fused-ring (bicyclic) bond motifs is 1. The third-order valence-corrected chi connectivity index (χ3v) is 4.33. The van der Waals surface area contributed by atoms with E-state index in [1.807, 2.05) is 36.4 Å². The summed E-state index contributed by atoms with van der Waals surface area (Å²) in [7, 11) is 0. The normalized spacial score (nSPS) is 15.3. The molecule has 0 radical (unpaired) electrons. The zero-order valence-corrected chi connectivity index (χ0v) is 18.4. The van der Waals surface area contributed by atoms with E-state index in [2.05, 4.69) is 52.5 Å². The minimum atomic E-state index is 0.0360. The summed E-state index contributed by atoms with van der Waals surface area (Å²) in [6.45, 7) is 4.42. The second-order valence-electron chi connectivity index (χ2n) is 6.43. The Morgan fingerprint density at radius 1 is 1.12 bits per heavy atom. The molecule has 0 unspecified atom stereocenters. The standard InChI is InChI=1S/C19H21NO.2BrH.V/c1-19(2)12-6-7-14-10-11-15(18(21)17(14)19)13-20-16-8-4-3-5-9-16;;;/h3-5,8-11,13,21H,6-7,12H2,1-2H3;2*1H;/q;;;+2/p-2. The Kier molecular flexibility index (Phi) is 7.61. The molecular formula is C19H21Br2NOV. The molecule has 0 amide bonds. The van der Waals surface area contributed by atoms with Crippen molar-refractivity contribution >= 4 is 39.5 Å². The van der Waals surface area contributed by atoms with Gasteiger partial charge in [-0.2, -0.15) is 0 Å². The number of rotatable bonds is 2. The molecule has 0 atom stereocenters. The van der Waals surface area contributed by atoms with Gasteiger partial charge in [0.25, 0.3) is 0 Å². The maximum atomic E-state index is 10.7. The molecule has 0 bridgehead atoms. The van der Waals surface area contributed by atoms with E-state index >= 15 is 0 Å². The molecule has 0 saturated carbocycles. The van der Waals surface area contributed by atoms with E-state index in [0.29, 0.717) is 18.2 Å². The quantitative estimate of drug-likeness (QED) is 0.483. The summed E-state index contributed by atoms with van der Waals surface area (Å²) < 4.78 is 0. The van der Waals surface area contributed by atoms with Crippen molar-refractivity contribution in [2.45, 2.75) is 38.5 Å². The molecule has 2 aromatic rings. The molecule has 2 aromatic carbocycles. The van der Waals surface area contributed by atoms with Gasteiger partial charge in [0.2, 0.25) is 0 Å². The van der Waals surface area contributed by atoms with E-state index in [-0.39, 0.29) is 5.41 Å². The SMILES string of the molecule is CC1(C)CCCc2ccc(C=Nc3ccccc3)c(O)c21.[Br][V][Br]. The first-order chi connectivity index (χ1) is 11.5. The van der Waals surface area contributed by atoms with Crippen molar-refractivity contribution in [1.29, 1.82) is 0 Å². The molecule has 0 spiro atoms. The third-order valence-electron chi connectivity index (χ3n) is 4.33. The van der Waals surface area contributed by atoms with Crippen molar-refractivity contribution < 1.29 is 17.6 Å². The summed E-state index contributed by atoms with van der Waals surface area (Å²) in [6, 6.07) is 13.9. The fraction of sp³-hybridized carbons (Fsp3) is 0.316. The van der Waals surface area contributed by atoms with Crippen LogP contribution in [0.4, 0.5) is 5.69 Å². The number of para-hydroxylation sites is 1. The Labute approximate surface area is 164 Å². The van der Waals surface area contributed by atoms with Crippen LogP contribution in [0, 0.1) is 0 Å². The van der Waals surface area contributed by atoms with E-state index in [4.69, 9.17) is 0 Å². The first kappa shape index (κ1) is 19.8. The van der Waals surface area contributed by atoms with Crippen LogP contribution in [-0.4, -0.2) is 11.3 Å². The zero-order chi connectivity index (χ0) is 17.6. The number of halogens is 2. The van der Waals surface area contributed by atoms with Gasteiger partial charge in [0.1, 0.15) is 5.75 Å². The Balaban J connectivity index is 0.000000647. The molecule has 3 rings (SSSR count). The number of aryl methyl sites for hydroxylation is 1. The van der Waals surface area contributed by atoms with Crippen LogP contribution in [-0.2, 0) is 24.3 Å². The Morgan fingerprint density at radius 3 is 2.46 bits per heavy atom. The van der Waals surface area contributed by atoms with Crippen LogP contribution in [0.2, 0.25) is 0 Å². The minimum absolute atomic E-state index is 0.0360. The van der Waals surface area contributed by atoms with Crippen LogP contribution in [0.25, 0.3) is 0 Å². The molecule has 127 valence electrons. The monoisotopic (exact) mass is 488 g/mol. The zero-order valence-electron chi connectivity index (χ0n) is 13.8. The predicted molar refractivity (Wildman–Crippen MR) is 106 cm³/mol. The molecule has 0 aliphatic heterocycles. The number of phenolic OH excluding ortho intramolecular Hbond substituents is 1. The van der Waals surface area contributed by atoms with Crippen LogP contribution >= 0.6 is 27.6 Å². The van der Waals surface area contributed by atoms with E-state index < -0.39 is 0 Å². The van der Waals surface area contributed by atoms with Gasteiger partial charge in [-0.3, -0.25) is 4.99 Å². The van der Waals surface area contributed by atoms with Gasteiger partial charge in [-0.15, -0.1) is 0 Å². The van der Waals surface area contributed by atoms with Gasteiger partial charge in [0.05, 0.1) is 5.69 Å². The van der Waals surface area contributed by atoms with Crippen molar-refractivity contribution in [3.63, 3.8) is 0 Å². The summed E-state index contributed by atoms with van der Waals surface area (Å²) in [5.74, 6) is 0.400. The maximum absolute atomic E-state index is 10.7. The second kappa shape index (κ2) is 9.23. The Bertz CT molecular complexity index is 702. The molecule has 1 aliphatic rings. The van der Waals surface area contributed by atoms with Crippen molar-refractivity contribution in [2.24, 2.45) is 4.99 Å². The van der Waals surface area contributed by atoms with Gasteiger partial charge in [-0.05, 0) is 48.4 Å². The molecule has 0 heterocycles. The number of nitrogens with zero attached hydrogens (tertiary/aromatic N) is 1. The van der Waals surface area contributed by atoms with Gasteiger partial charge in [0.15, 0.2) is 0 Å². The van der Waals surface area contributed by atoms with E-state index in [0.717, 1.165) is 29.7 Å². The van der Waals surface area contributed by atoms with Gasteiger partial charge in [0, 0.05) is 17.3 Å². The Hall–Kier alpha value is -0.546. The average molecular weight is 490 g/mol. The molecule has 2 nitrogen and oxygen atoms in total. The summed E-state index contributed by atoms with van der Waals surface area (Å²) in [4.78, 5) is 4.45. The molecule has 5 heteroatoms. The number of hydrogen-bond acceptors (Lipinski definition) is 2. The molecular weight excluding hydrogens is 469 g/mol. The fourth-order valence-corrected chi connectivity index (χ4v) is 3.22. The molecule has 0 aromatic heterocycles. The van der Waals surface area contributed by atoms with Crippen LogP contribution in [0.3, 0.4) is 0 Å². The van der Waals surface area contributed by atoms with Crippen molar-refractivity contribution in [3.05, 3.63) is 59.2 Å². The fourth-order valence-electron chi connectivity index (χ4n) is 3.22. The summed E-state index contributed by atoms with van der Waals surface area (Å²) in [5, 5.41) is 10.7. The molecule has 0 saturated heterocycles. The number of hydrogen-bond donors (Lipinski definition) is 1. The first-order valence-corrected chi connectivity index (χ1v) is 14.8. The predicted octanol–water partition coefficient (Wildman–Crippen LogP) is 6.45. The summed E-state index contributed by atoms with van der Waals surface area (Å²) >= 11 is 6.62. The molecule has 1 aliphatic carbocycles. The van der Waals surface area contributed by atoms with Crippen LogP contribution < -0.4 is 0 Å². The average Bonchev–Trinajstić information content (AvgIpc) is 2.55. The number of phenols is 1. The van der Waals surface area contributed by atoms with Crippen molar-refractivity contribution in [1.82, 2.24) is 0 Å². The molecule has 24 heavy (non-hydrogen) atoms. The van der Waals surface area contributed by atoms with Crippen LogP contribution in [0.5, 0.6) is 5.75 Å². The van der Waals surface area contributed by atoms with Gasteiger partial charge in [-0.1, -0.05) is 38.1 Å². The van der Waals surface area contributed by atoms with Gasteiger partial charge < -0.3 is 5.11 Å². The number of aromatic hydroxyl groups is 1. The van der Waals surface area contributed by atoms with Gasteiger partial charge in [-0.25, -0.2) is 0 Å². The van der Waals surface area contributed by atoms with Crippen LogP contribution in [0.1, 0.15) is 43.4 Å². The summed E-state index contributed by atoms with van der Waals surface area (Å²) in [6.07, 6.45) is 5.13. The second-order valence-corrected chi connectivity index (χ2v) is 13.5.